The third-order valence-corrected chi connectivity index (χ3v) is 3.92. The summed E-state index contributed by atoms with van der Waals surface area (Å²) in [6.07, 6.45) is -1.91. The average Bonchev–Trinajstić information content (AvgIpc) is 3.22. The second-order valence-electron chi connectivity index (χ2n) is 6.07. The third-order valence-electron chi connectivity index (χ3n) is 3.92. The molecule has 0 amide bonds. The summed E-state index contributed by atoms with van der Waals surface area (Å²) in [6.45, 7) is 1.82. The number of ether oxygens (including phenoxy) is 2. The molecule has 0 radical (unpaired) electrons. The Hall–Kier alpha value is -4.13. The van der Waals surface area contributed by atoms with E-state index in [4.69, 9.17) is 10.00 Å². The summed E-state index contributed by atoms with van der Waals surface area (Å²) in [7, 11) is 0. The van der Waals surface area contributed by atoms with Gasteiger partial charge < -0.3 is 9.47 Å². The first-order valence-corrected chi connectivity index (χ1v) is 8.96. The zero-order valence-electron chi connectivity index (χ0n) is 16.1. The SMILES string of the molecule is CCOC(=O)/C(C#N)=C\c1ccc(-c2ncn(-c3ccc(OC(F)(F)F)cc3)n2)cc1. The Kier molecular flexibility index (Phi) is 6.35. The number of nitriles is 1. The number of aromatic nitrogens is 3. The maximum absolute atomic E-state index is 12.3. The highest BCUT2D eigenvalue weighted by atomic mass is 19.4. The highest BCUT2D eigenvalue weighted by Crippen LogP contribution is 2.24. The Labute approximate surface area is 175 Å². The predicted octanol–water partition coefficient (Wildman–Crippen LogP) is 4.30. The van der Waals surface area contributed by atoms with Crippen molar-refractivity contribution < 1.29 is 27.4 Å². The van der Waals surface area contributed by atoms with Gasteiger partial charge in [-0.2, -0.15) is 5.26 Å². The van der Waals surface area contributed by atoms with Gasteiger partial charge in [0.1, 0.15) is 23.7 Å². The minimum atomic E-state index is -4.76. The molecule has 0 saturated carbocycles. The molecule has 0 atom stereocenters. The lowest BCUT2D eigenvalue weighted by Gasteiger charge is -2.09. The van der Waals surface area contributed by atoms with Gasteiger partial charge in [0.2, 0.25) is 0 Å². The number of nitrogens with zero attached hydrogens (tertiary/aromatic N) is 4. The summed E-state index contributed by atoms with van der Waals surface area (Å²) in [5, 5.41) is 13.4. The van der Waals surface area contributed by atoms with E-state index in [2.05, 4.69) is 14.8 Å². The molecule has 2 aromatic carbocycles. The lowest BCUT2D eigenvalue weighted by Crippen LogP contribution is -2.17. The van der Waals surface area contributed by atoms with E-state index < -0.39 is 12.3 Å². The molecule has 0 aliphatic rings. The van der Waals surface area contributed by atoms with Crippen molar-refractivity contribution in [3.8, 4) is 28.9 Å². The summed E-state index contributed by atoms with van der Waals surface area (Å²) in [4.78, 5) is 15.9. The average molecular weight is 428 g/mol. The zero-order chi connectivity index (χ0) is 22.4. The van der Waals surface area contributed by atoms with E-state index in [1.54, 1.807) is 37.3 Å². The summed E-state index contributed by atoms with van der Waals surface area (Å²) in [5.41, 5.74) is 1.67. The molecule has 0 aliphatic carbocycles. The lowest BCUT2D eigenvalue weighted by molar-refractivity contribution is -0.274. The molecule has 10 heteroatoms. The Balaban J connectivity index is 1.75. The number of alkyl halides is 3. The van der Waals surface area contributed by atoms with Gasteiger partial charge in [-0.1, -0.05) is 24.3 Å². The van der Waals surface area contributed by atoms with Crippen LogP contribution in [0.5, 0.6) is 5.75 Å². The molecular formula is C21H15F3N4O3. The minimum absolute atomic E-state index is 0.116. The van der Waals surface area contributed by atoms with Crippen LogP contribution in [-0.4, -0.2) is 33.7 Å². The molecule has 7 nitrogen and oxygen atoms in total. The molecule has 158 valence electrons. The molecule has 3 rings (SSSR count). The van der Waals surface area contributed by atoms with E-state index in [0.717, 1.165) is 0 Å². The van der Waals surface area contributed by atoms with Crippen molar-refractivity contribution in [2.45, 2.75) is 13.3 Å². The number of halogens is 3. The van der Waals surface area contributed by atoms with Crippen molar-refractivity contribution in [2.75, 3.05) is 6.61 Å². The third kappa shape index (κ3) is 5.70. The first kappa shape index (κ1) is 21.6. The van der Waals surface area contributed by atoms with Crippen molar-refractivity contribution in [2.24, 2.45) is 0 Å². The number of carbonyl (C=O) groups is 1. The van der Waals surface area contributed by atoms with Gasteiger partial charge >= 0.3 is 12.3 Å². The van der Waals surface area contributed by atoms with E-state index in [1.165, 1.54) is 41.4 Å². The van der Waals surface area contributed by atoms with Crippen LogP contribution in [0.1, 0.15) is 12.5 Å². The van der Waals surface area contributed by atoms with E-state index in [1.807, 2.05) is 0 Å². The molecular weight excluding hydrogens is 413 g/mol. The van der Waals surface area contributed by atoms with Crippen molar-refractivity contribution in [1.82, 2.24) is 14.8 Å². The monoisotopic (exact) mass is 428 g/mol. The van der Waals surface area contributed by atoms with Crippen molar-refractivity contribution >= 4 is 12.0 Å². The normalized spacial score (nSPS) is 11.6. The predicted molar refractivity (Wildman–Crippen MR) is 104 cm³/mol. The maximum atomic E-state index is 12.3. The maximum Gasteiger partial charge on any atom is 0.573 e. The van der Waals surface area contributed by atoms with Crippen LogP contribution in [-0.2, 0) is 9.53 Å². The van der Waals surface area contributed by atoms with Gasteiger partial charge in [0, 0.05) is 5.56 Å². The number of esters is 1. The number of hydrogen-bond acceptors (Lipinski definition) is 6. The molecule has 0 N–H and O–H groups in total. The molecule has 0 aliphatic heterocycles. The summed E-state index contributed by atoms with van der Waals surface area (Å²) < 4.78 is 46.8. The van der Waals surface area contributed by atoms with Gasteiger partial charge in [0.15, 0.2) is 5.82 Å². The molecule has 0 fully saturated rings. The fourth-order valence-corrected chi connectivity index (χ4v) is 2.56. The number of carbonyl (C=O) groups excluding carboxylic acids is 1. The van der Waals surface area contributed by atoms with E-state index in [0.29, 0.717) is 22.6 Å². The lowest BCUT2D eigenvalue weighted by atomic mass is 10.1. The second kappa shape index (κ2) is 9.13. The molecule has 1 aromatic heterocycles. The van der Waals surface area contributed by atoms with Crippen LogP contribution in [0.15, 0.2) is 60.4 Å². The van der Waals surface area contributed by atoms with Gasteiger partial charge in [0.25, 0.3) is 0 Å². The van der Waals surface area contributed by atoms with Crippen molar-refractivity contribution in [3.63, 3.8) is 0 Å². The Morgan fingerprint density at radius 2 is 1.84 bits per heavy atom. The van der Waals surface area contributed by atoms with E-state index >= 15 is 0 Å². The van der Waals surface area contributed by atoms with Crippen LogP contribution in [0.25, 0.3) is 23.2 Å². The second-order valence-corrected chi connectivity index (χ2v) is 6.07. The number of rotatable bonds is 6. The fraction of sp³-hybridized carbons (Fsp3) is 0.143. The smallest absolute Gasteiger partial charge is 0.462 e. The van der Waals surface area contributed by atoms with E-state index in [-0.39, 0.29) is 17.9 Å². The molecule has 3 aromatic rings. The van der Waals surface area contributed by atoms with Crippen LogP contribution in [0.4, 0.5) is 13.2 Å². The standard InChI is InChI=1S/C21H15F3N4O3/c1-2-30-20(29)16(12-25)11-14-3-5-15(6-4-14)19-26-13-28(27-19)17-7-9-18(10-8-17)31-21(22,23)24/h3-11,13H,2H2,1H3/b16-11-. The topological polar surface area (TPSA) is 90.0 Å². The van der Waals surface area contributed by atoms with Gasteiger partial charge in [-0.25, -0.2) is 14.5 Å². The highest BCUT2D eigenvalue weighted by Gasteiger charge is 2.31. The van der Waals surface area contributed by atoms with Gasteiger partial charge in [-0.05, 0) is 42.8 Å². The molecule has 0 bridgehead atoms. The van der Waals surface area contributed by atoms with Gasteiger partial charge in [0.05, 0.1) is 12.3 Å². The minimum Gasteiger partial charge on any atom is -0.462 e. The van der Waals surface area contributed by atoms with Crippen LogP contribution >= 0.6 is 0 Å². The Morgan fingerprint density at radius 1 is 1.16 bits per heavy atom. The molecule has 0 saturated heterocycles. The van der Waals surface area contributed by atoms with Crippen LogP contribution in [0.2, 0.25) is 0 Å². The van der Waals surface area contributed by atoms with Crippen molar-refractivity contribution in [1.29, 1.82) is 5.26 Å². The van der Waals surface area contributed by atoms with Crippen LogP contribution in [0, 0.1) is 11.3 Å². The highest BCUT2D eigenvalue weighted by molar-refractivity contribution is 5.97. The Morgan fingerprint density at radius 3 is 2.42 bits per heavy atom. The molecule has 0 spiro atoms. The molecule has 31 heavy (non-hydrogen) atoms. The Bertz CT molecular complexity index is 1130. The quantitative estimate of drug-likeness (QED) is 0.330. The number of hydrogen-bond donors (Lipinski definition) is 0. The number of benzene rings is 2. The fourth-order valence-electron chi connectivity index (χ4n) is 2.56. The van der Waals surface area contributed by atoms with Gasteiger partial charge in [-0.3, -0.25) is 0 Å². The largest absolute Gasteiger partial charge is 0.573 e. The first-order valence-electron chi connectivity index (χ1n) is 8.96. The summed E-state index contributed by atoms with van der Waals surface area (Å²) in [6, 6.07) is 13.8. The van der Waals surface area contributed by atoms with E-state index in [9.17, 15) is 18.0 Å². The summed E-state index contributed by atoms with van der Waals surface area (Å²) >= 11 is 0. The van der Waals surface area contributed by atoms with Crippen molar-refractivity contribution in [3.05, 3.63) is 66.0 Å². The summed E-state index contributed by atoms with van der Waals surface area (Å²) in [5.74, 6) is -0.641. The van der Waals surface area contributed by atoms with Crippen LogP contribution in [0.3, 0.4) is 0 Å². The molecule has 0 unspecified atom stereocenters. The molecule has 1 heterocycles. The van der Waals surface area contributed by atoms with Crippen LogP contribution < -0.4 is 4.74 Å². The first-order chi connectivity index (χ1) is 14.8. The zero-order valence-corrected chi connectivity index (χ0v) is 16.1. The van der Waals surface area contributed by atoms with Gasteiger partial charge in [-0.15, -0.1) is 18.3 Å².